The minimum absolute atomic E-state index is 0.577. The largest absolute Gasteiger partial charge is 0.375 e. The van der Waals surface area contributed by atoms with E-state index >= 15 is 0 Å². The molecule has 3 nitrogen and oxygen atoms in total. The molecular formula is C19H38N2O. The molecule has 1 aliphatic carbocycles. The molecule has 0 spiro atoms. The van der Waals surface area contributed by atoms with Crippen molar-refractivity contribution in [2.24, 2.45) is 11.8 Å². The van der Waals surface area contributed by atoms with E-state index in [1.807, 2.05) is 0 Å². The second kappa shape index (κ2) is 9.89. The molecule has 0 unspecified atom stereocenters. The lowest BCUT2D eigenvalue weighted by atomic mass is 9.87. The third-order valence-electron chi connectivity index (χ3n) is 5.75. The molecule has 0 amide bonds. The highest BCUT2D eigenvalue weighted by molar-refractivity contribution is 4.76. The average molecular weight is 311 g/mol. The van der Waals surface area contributed by atoms with Gasteiger partial charge in [0.25, 0.3) is 0 Å². The lowest BCUT2D eigenvalue weighted by Gasteiger charge is -2.35. The van der Waals surface area contributed by atoms with Crippen LogP contribution in [0.15, 0.2) is 0 Å². The number of ether oxygens (including phenoxy) is 1. The van der Waals surface area contributed by atoms with Crippen molar-refractivity contribution in [2.45, 2.75) is 77.9 Å². The molecule has 3 heteroatoms. The first kappa shape index (κ1) is 18.2. The van der Waals surface area contributed by atoms with E-state index in [9.17, 15) is 0 Å². The van der Waals surface area contributed by atoms with Crippen LogP contribution in [0.5, 0.6) is 0 Å². The minimum atomic E-state index is 0.577. The van der Waals surface area contributed by atoms with Crippen molar-refractivity contribution in [2.75, 3.05) is 32.7 Å². The summed E-state index contributed by atoms with van der Waals surface area (Å²) in [4.78, 5) is 2.51. The Morgan fingerprint density at radius 3 is 1.95 bits per heavy atom. The first-order valence-corrected chi connectivity index (χ1v) is 9.77. The predicted octanol–water partition coefficient (Wildman–Crippen LogP) is 3.68. The van der Waals surface area contributed by atoms with Crippen LogP contribution in [0.25, 0.3) is 0 Å². The number of hydrogen-bond donors (Lipinski definition) is 1. The molecular weight excluding hydrogens is 272 g/mol. The van der Waals surface area contributed by atoms with Crippen LogP contribution >= 0.6 is 0 Å². The first-order chi connectivity index (χ1) is 10.7. The van der Waals surface area contributed by atoms with Crippen LogP contribution in [0, 0.1) is 11.8 Å². The molecule has 0 atom stereocenters. The number of piperidine rings is 2. The summed E-state index contributed by atoms with van der Waals surface area (Å²) >= 11 is 0. The van der Waals surface area contributed by atoms with E-state index in [1.165, 1.54) is 77.7 Å². The molecule has 1 N–H and O–H groups in total. The van der Waals surface area contributed by atoms with Crippen molar-refractivity contribution in [1.82, 2.24) is 10.2 Å². The summed E-state index contributed by atoms with van der Waals surface area (Å²) in [5.74, 6) is 1.89. The van der Waals surface area contributed by atoms with E-state index < -0.39 is 0 Å². The van der Waals surface area contributed by atoms with Crippen LogP contribution in [0.2, 0.25) is 0 Å². The highest BCUT2D eigenvalue weighted by Gasteiger charge is 2.25. The second-order valence-corrected chi connectivity index (χ2v) is 7.65. The smallest absolute Gasteiger partial charge is 0.0603 e. The summed E-state index contributed by atoms with van der Waals surface area (Å²) in [6.07, 6.45) is 10.5. The fraction of sp³-hybridized carbons (Fsp3) is 1.00. The van der Waals surface area contributed by atoms with Gasteiger partial charge in [0.15, 0.2) is 0 Å². The molecule has 0 aromatic rings. The predicted molar refractivity (Wildman–Crippen MR) is 94.3 cm³/mol. The van der Waals surface area contributed by atoms with Crippen LogP contribution in [0.3, 0.4) is 0 Å². The summed E-state index contributed by atoms with van der Waals surface area (Å²) in [6, 6.07) is 0. The lowest BCUT2D eigenvalue weighted by molar-refractivity contribution is -0.0729. The normalized spacial score (nSPS) is 25.6. The monoisotopic (exact) mass is 310 g/mol. The van der Waals surface area contributed by atoms with Gasteiger partial charge in [0.05, 0.1) is 12.2 Å². The van der Waals surface area contributed by atoms with Gasteiger partial charge in [-0.2, -0.15) is 0 Å². The molecule has 0 aromatic heterocycles. The molecule has 3 aliphatic rings. The molecule has 22 heavy (non-hydrogen) atoms. The standard InChI is InChI=1S/C11H21NO.C8H17N/c1-2-12-8-6-11(7-9-12)13-10-4-3-5-10;1-7(2)8-3-5-9-6-4-8/h10-11H,2-9H2,1H3;7-9H,3-6H2,1-2H3. The van der Waals surface area contributed by atoms with Crippen LogP contribution in [-0.2, 0) is 4.74 Å². The molecule has 0 radical (unpaired) electrons. The van der Waals surface area contributed by atoms with Gasteiger partial charge in [-0.05, 0) is 76.4 Å². The Kier molecular flexibility index (Phi) is 8.19. The van der Waals surface area contributed by atoms with E-state index in [-0.39, 0.29) is 0 Å². The van der Waals surface area contributed by atoms with E-state index in [4.69, 9.17) is 4.74 Å². The van der Waals surface area contributed by atoms with Gasteiger partial charge in [-0.1, -0.05) is 20.8 Å². The van der Waals surface area contributed by atoms with Crippen molar-refractivity contribution in [3.05, 3.63) is 0 Å². The maximum Gasteiger partial charge on any atom is 0.0603 e. The Labute approximate surface area is 138 Å². The van der Waals surface area contributed by atoms with Crippen molar-refractivity contribution in [1.29, 1.82) is 0 Å². The summed E-state index contributed by atoms with van der Waals surface area (Å²) in [7, 11) is 0. The number of nitrogens with one attached hydrogen (secondary N) is 1. The first-order valence-electron chi connectivity index (χ1n) is 9.77. The van der Waals surface area contributed by atoms with Crippen molar-refractivity contribution in [3.8, 4) is 0 Å². The van der Waals surface area contributed by atoms with Crippen LogP contribution in [0.4, 0.5) is 0 Å². The van der Waals surface area contributed by atoms with Gasteiger partial charge in [-0.15, -0.1) is 0 Å². The zero-order valence-electron chi connectivity index (χ0n) is 15.2. The van der Waals surface area contributed by atoms with E-state index in [0.29, 0.717) is 12.2 Å². The van der Waals surface area contributed by atoms with Gasteiger partial charge < -0.3 is 15.0 Å². The third-order valence-corrected chi connectivity index (χ3v) is 5.75. The summed E-state index contributed by atoms with van der Waals surface area (Å²) in [5, 5.41) is 3.37. The maximum atomic E-state index is 5.99. The van der Waals surface area contributed by atoms with Crippen LogP contribution in [0.1, 0.15) is 65.7 Å². The molecule has 2 heterocycles. The SMILES string of the molecule is CC(C)C1CCNCC1.CCN1CCC(OC2CCC2)CC1. The molecule has 130 valence electrons. The lowest BCUT2D eigenvalue weighted by Crippen LogP contribution is -2.39. The Balaban J connectivity index is 0.000000172. The van der Waals surface area contributed by atoms with Gasteiger partial charge in [0.2, 0.25) is 0 Å². The third kappa shape index (κ3) is 6.17. The average Bonchev–Trinajstić information content (AvgIpc) is 2.53. The van der Waals surface area contributed by atoms with E-state index in [1.54, 1.807) is 0 Å². The summed E-state index contributed by atoms with van der Waals surface area (Å²) in [5.41, 5.74) is 0. The Morgan fingerprint density at radius 1 is 0.955 bits per heavy atom. The Hall–Kier alpha value is -0.120. The number of likely N-dealkylation sites (tertiary alicyclic amines) is 1. The van der Waals surface area contributed by atoms with Gasteiger partial charge in [-0.25, -0.2) is 0 Å². The fourth-order valence-corrected chi connectivity index (χ4v) is 3.65. The van der Waals surface area contributed by atoms with E-state index in [0.717, 1.165) is 11.8 Å². The minimum Gasteiger partial charge on any atom is -0.375 e. The second-order valence-electron chi connectivity index (χ2n) is 7.65. The maximum absolute atomic E-state index is 5.99. The van der Waals surface area contributed by atoms with Gasteiger partial charge >= 0.3 is 0 Å². The Bertz CT molecular complexity index is 277. The molecule has 1 saturated carbocycles. The number of hydrogen-bond acceptors (Lipinski definition) is 3. The van der Waals surface area contributed by atoms with Gasteiger partial charge in [-0.3, -0.25) is 0 Å². The molecule has 0 aromatic carbocycles. The van der Waals surface area contributed by atoms with Crippen molar-refractivity contribution < 1.29 is 4.74 Å². The molecule has 0 bridgehead atoms. The summed E-state index contributed by atoms with van der Waals surface area (Å²) < 4.78 is 5.99. The quantitative estimate of drug-likeness (QED) is 0.857. The van der Waals surface area contributed by atoms with Crippen molar-refractivity contribution >= 4 is 0 Å². The number of nitrogens with zero attached hydrogens (tertiary/aromatic N) is 1. The zero-order chi connectivity index (χ0) is 15.8. The molecule has 2 saturated heterocycles. The molecule has 3 rings (SSSR count). The number of rotatable bonds is 4. The zero-order valence-corrected chi connectivity index (χ0v) is 15.2. The van der Waals surface area contributed by atoms with Gasteiger partial charge in [0.1, 0.15) is 0 Å². The fourth-order valence-electron chi connectivity index (χ4n) is 3.65. The Morgan fingerprint density at radius 2 is 1.55 bits per heavy atom. The van der Waals surface area contributed by atoms with Crippen LogP contribution in [-0.4, -0.2) is 49.8 Å². The summed E-state index contributed by atoms with van der Waals surface area (Å²) in [6.45, 7) is 13.1. The van der Waals surface area contributed by atoms with E-state index in [2.05, 4.69) is 31.0 Å². The van der Waals surface area contributed by atoms with Crippen molar-refractivity contribution in [3.63, 3.8) is 0 Å². The molecule has 3 fully saturated rings. The topological polar surface area (TPSA) is 24.5 Å². The molecule has 2 aliphatic heterocycles. The highest BCUT2D eigenvalue weighted by Crippen LogP contribution is 2.26. The highest BCUT2D eigenvalue weighted by atomic mass is 16.5. The van der Waals surface area contributed by atoms with Gasteiger partial charge in [0, 0.05) is 13.1 Å². The van der Waals surface area contributed by atoms with Crippen LogP contribution < -0.4 is 5.32 Å².